The van der Waals surface area contributed by atoms with Gasteiger partial charge in [-0.1, -0.05) is 5.92 Å². The largest absolute Gasteiger partial charge is 0.497 e. The number of carbonyl (C=O) groups excluding carboxylic acids is 1. The van der Waals surface area contributed by atoms with Crippen molar-refractivity contribution in [2.75, 3.05) is 14.2 Å². The number of ether oxygens (including phenoxy) is 3. The van der Waals surface area contributed by atoms with Crippen molar-refractivity contribution in [2.45, 2.75) is 32.8 Å². The first-order valence-corrected chi connectivity index (χ1v) is 7.00. The Morgan fingerprint density at radius 1 is 1.26 bits per heavy atom. The predicted molar refractivity (Wildman–Crippen MR) is 83.8 cm³/mol. The van der Waals surface area contributed by atoms with Gasteiger partial charge in [0.25, 0.3) is 0 Å². The lowest BCUT2D eigenvalue weighted by atomic mass is 10.0. The van der Waals surface area contributed by atoms with Gasteiger partial charge >= 0.3 is 11.9 Å². The van der Waals surface area contributed by atoms with Crippen LogP contribution in [-0.4, -0.2) is 37.4 Å². The Morgan fingerprint density at radius 3 is 2.48 bits per heavy atom. The molecule has 0 aliphatic rings. The molecule has 0 aromatic heterocycles. The lowest BCUT2D eigenvalue weighted by Gasteiger charge is -2.14. The molecule has 0 radical (unpaired) electrons. The van der Waals surface area contributed by atoms with Gasteiger partial charge in [0.05, 0.1) is 20.6 Å². The topological polar surface area (TPSA) is 82.1 Å². The molecule has 0 aliphatic carbocycles. The second-order valence-corrected chi connectivity index (χ2v) is 4.78. The molecule has 0 saturated heterocycles. The van der Waals surface area contributed by atoms with Crippen LogP contribution in [0.2, 0.25) is 0 Å². The van der Waals surface area contributed by atoms with Gasteiger partial charge in [0.2, 0.25) is 0 Å². The van der Waals surface area contributed by atoms with Crippen LogP contribution in [-0.2, 0) is 16.0 Å². The maximum atomic E-state index is 12.0. The van der Waals surface area contributed by atoms with Crippen LogP contribution in [0, 0.1) is 11.8 Å². The lowest BCUT2D eigenvalue weighted by molar-refractivity contribution is -0.147. The number of hydrogen-bond acceptors (Lipinski definition) is 5. The summed E-state index contributed by atoms with van der Waals surface area (Å²) in [7, 11) is 2.80. The highest BCUT2D eigenvalue weighted by molar-refractivity contribution is 5.94. The smallest absolute Gasteiger partial charge is 0.339 e. The zero-order chi connectivity index (χ0) is 17.4. The molecular weight excluding hydrogens is 300 g/mol. The van der Waals surface area contributed by atoms with Crippen LogP contribution >= 0.6 is 0 Å². The first-order valence-electron chi connectivity index (χ1n) is 7.00. The Hall–Kier alpha value is -2.68. The molecule has 1 atom stereocenters. The predicted octanol–water partition coefficient (Wildman–Crippen LogP) is 2.29. The quantitative estimate of drug-likeness (QED) is 0.613. The summed E-state index contributed by atoms with van der Waals surface area (Å²) in [5.74, 6) is 4.36. The first-order chi connectivity index (χ1) is 10.9. The fourth-order valence-electron chi connectivity index (χ4n) is 2.02. The molecule has 1 rings (SSSR count). The van der Waals surface area contributed by atoms with Crippen LogP contribution in [0.1, 0.15) is 36.2 Å². The van der Waals surface area contributed by atoms with E-state index in [9.17, 15) is 14.7 Å². The Morgan fingerprint density at radius 2 is 1.96 bits per heavy atom. The summed E-state index contributed by atoms with van der Waals surface area (Å²) in [5.41, 5.74) is 0.193. The number of benzene rings is 1. The van der Waals surface area contributed by atoms with Gasteiger partial charge in [0.15, 0.2) is 0 Å². The monoisotopic (exact) mass is 320 g/mol. The molecule has 1 aromatic carbocycles. The van der Waals surface area contributed by atoms with Gasteiger partial charge in [-0.25, -0.2) is 4.79 Å². The molecule has 124 valence electrons. The summed E-state index contributed by atoms with van der Waals surface area (Å²) in [6.07, 6.45) is -0.134. The van der Waals surface area contributed by atoms with Crippen molar-refractivity contribution in [1.82, 2.24) is 0 Å². The van der Waals surface area contributed by atoms with Gasteiger partial charge in [-0.05, 0) is 25.5 Å². The summed E-state index contributed by atoms with van der Waals surface area (Å²) in [5, 5.41) is 9.36. The molecule has 1 aromatic rings. The van der Waals surface area contributed by atoms with E-state index in [0.29, 0.717) is 12.2 Å². The van der Waals surface area contributed by atoms with Crippen molar-refractivity contribution in [3.8, 4) is 23.3 Å². The molecular formula is C17H20O6. The molecule has 0 fully saturated rings. The van der Waals surface area contributed by atoms with Crippen LogP contribution in [0.3, 0.4) is 0 Å². The number of hydrogen-bond donors (Lipinski definition) is 1. The molecule has 1 N–H and O–H groups in total. The van der Waals surface area contributed by atoms with Crippen LogP contribution in [0.4, 0.5) is 0 Å². The third-order valence-electron chi connectivity index (χ3n) is 3.06. The van der Waals surface area contributed by atoms with Crippen LogP contribution < -0.4 is 9.47 Å². The minimum absolute atomic E-state index is 0.0775. The van der Waals surface area contributed by atoms with E-state index in [-0.39, 0.29) is 29.4 Å². The third-order valence-corrected chi connectivity index (χ3v) is 3.06. The van der Waals surface area contributed by atoms with E-state index < -0.39 is 11.9 Å². The number of carboxylic acids is 1. The van der Waals surface area contributed by atoms with E-state index in [4.69, 9.17) is 14.2 Å². The number of carboxylic acid groups (broad SMARTS) is 1. The fourth-order valence-corrected chi connectivity index (χ4v) is 2.02. The maximum Gasteiger partial charge on any atom is 0.339 e. The highest BCUT2D eigenvalue weighted by Gasteiger charge is 2.21. The van der Waals surface area contributed by atoms with E-state index in [1.807, 2.05) is 0 Å². The van der Waals surface area contributed by atoms with Crippen molar-refractivity contribution in [1.29, 1.82) is 0 Å². The molecule has 0 unspecified atom stereocenters. The van der Waals surface area contributed by atoms with Gasteiger partial charge in [0, 0.05) is 12.5 Å². The van der Waals surface area contributed by atoms with Crippen molar-refractivity contribution in [3.05, 3.63) is 23.3 Å². The minimum atomic E-state index is -1.18. The SMILES string of the molecule is CC#CC[C@H](C)OC(=O)Cc1cc(OC)cc(OC)c1C(=O)O. The van der Waals surface area contributed by atoms with Crippen molar-refractivity contribution < 1.29 is 28.9 Å². The van der Waals surface area contributed by atoms with E-state index >= 15 is 0 Å². The average molecular weight is 320 g/mol. The highest BCUT2D eigenvalue weighted by atomic mass is 16.5. The van der Waals surface area contributed by atoms with E-state index in [2.05, 4.69) is 11.8 Å². The van der Waals surface area contributed by atoms with Crippen LogP contribution in [0.25, 0.3) is 0 Å². The summed E-state index contributed by atoms with van der Waals surface area (Å²) in [6, 6.07) is 2.95. The number of aromatic carboxylic acids is 1. The lowest BCUT2D eigenvalue weighted by Crippen LogP contribution is -2.18. The molecule has 0 amide bonds. The minimum Gasteiger partial charge on any atom is -0.497 e. The standard InChI is InChI=1S/C17H20O6/c1-5-6-7-11(2)23-15(18)9-12-8-13(21-3)10-14(22-4)16(12)17(19)20/h8,10-11H,7,9H2,1-4H3,(H,19,20)/t11-/m0/s1. The number of esters is 1. The van der Waals surface area contributed by atoms with E-state index in [0.717, 1.165) is 0 Å². The Bertz CT molecular complexity index is 638. The van der Waals surface area contributed by atoms with E-state index in [1.165, 1.54) is 26.4 Å². The normalized spacial score (nSPS) is 11.0. The van der Waals surface area contributed by atoms with Gasteiger partial charge in [0.1, 0.15) is 23.2 Å². The van der Waals surface area contributed by atoms with Gasteiger partial charge in [-0.3, -0.25) is 4.79 Å². The Labute approximate surface area is 135 Å². The van der Waals surface area contributed by atoms with Crippen molar-refractivity contribution >= 4 is 11.9 Å². The summed E-state index contributed by atoms with van der Waals surface area (Å²) >= 11 is 0. The molecule has 6 nitrogen and oxygen atoms in total. The average Bonchev–Trinajstić information content (AvgIpc) is 2.51. The van der Waals surface area contributed by atoms with Crippen LogP contribution in [0.5, 0.6) is 11.5 Å². The summed E-state index contributed by atoms with van der Waals surface area (Å²) < 4.78 is 15.4. The van der Waals surface area contributed by atoms with Gasteiger partial charge < -0.3 is 19.3 Å². The number of methoxy groups -OCH3 is 2. The highest BCUT2D eigenvalue weighted by Crippen LogP contribution is 2.29. The zero-order valence-corrected chi connectivity index (χ0v) is 13.6. The summed E-state index contributed by atoms with van der Waals surface area (Å²) in [4.78, 5) is 23.5. The molecule has 0 aliphatic heterocycles. The second-order valence-electron chi connectivity index (χ2n) is 4.78. The fraction of sp³-hybridized carbons (Fsp3) is 0.412. The molecule has 0 saturated carbocycles. The summed E-state index contributed by atoms with van der Waals surface area (Å²) in [6.45, 7) is 3.43. The second kappa shape index (κ2) is 8.69. The molecule has 0 bridgehead atoms. The maximum absolute atomic E-state index is 12.0. The first kappa shape index (κ1) is 18.4. The van der Waals surface area contributed by atoms with E-state index in [1.54, 1.807) is 13.8 Å². The van der Waals surface area contributed by atoms with Crippen molar-refractivity contribution in [3.63, 3.8) is 0 Å². The number of carbonyl (C=O) groups is 2. The third kappa shape index (κ3) is 5.22. The molecule has 0 heterocycles. The molecule has 23 heavy (non-hydrogen) atoms. The number of rotatable bonds is 7. The zero-order valence-electron chi connectivity index (χ0n) is 13.6. The Balaban J connectivity index is 3.03. The Kier molecular flexibility index (Phi) is 6.94. The van der Waals surface area contributed by atoms with Crippen molar-refractivity contribution in [2.24, 2.45) is 0 Å². The van der Waals surface area contributed by atoms with Gasteiger partial charge in [-0.15, -0.1) is 5.92 Å². The molecule has 0 spiro atoms. The van der Waals surface area contributed by atoms with Gasteiger partial charge in [-0.2, -0.15) is 0 Å². The molecule has 6 heteroatoms. The van der Waals surface area contributed by atoms with Crippen LogP contribution in [0.15, 0.2) is 12.1 Å².